The molecule has 3 N–H and O–H groups in total. The second-order valence-corrected chi connectivity index (χ2v) is 11.4. The molecule has 6 nitrogen and oxygen atoms in total. The fourth-order valence-electron chi connectivity index (χ4n) is 5.30. The number of rotatable bonds is 8. The number of nitrogens with zero attached hydrogens (tertiary/aromatic N) is 3. The molecule has 69 heavy (non-hydrogen) atoms. The van der Waals surface area contributed by atoms with Crippen LogP contribution in [0, 0.1) is 91.6 Å². The minimum absolute atomic E-state index is 0. The van der Waals surface area contributed by atoms with Gasteiger partial charge in [0, 0.05) is 301 Å². The zero-order chi connectivity index (χ0) is 43.0. The second-order valence-electron chi connectivity index (χ2n) is 11.4. The van der Waals surface area contributed by atoms with Gasteiger partial charge in [0.25, 0.3) is 0 Å². The van der Waals surface area contributed by atoms with Crippen LogP contribution in [-0.4, -0.2) is 21.1 Å². The largest absolute Gasteiger partial charge is 3.00 e. The van der Waals surface area contributed by atoms with Gasteiger partial charge in [0.2, 0.25) is 0 Å². The first kappa shape index (κ1) is 95.6. The molecule has 4 heterocycles. The molecule has 0 saturated heterocycles. The maximum absolute atomic E-state index is 8.13. The number of hydrogen-bond acceptors (Lipinski definition) is 1. The fourth-order valence-corrected chi connectivity index (χ4v) is 5.30. The number of allylic oxidation sites excluding steroid dienone is 10. The Morgan fingerprint density at radius 2 is 0.986 bits per heavy atom. The average molecular weight is 1920 g/mol. The zero-order valence-electron chi connectivity index (χ0n) is 38.1. The van der Waals surface area contributed by atoms with E-state index in [-0.39, 0.29) is 343 Å². The van der Waals surface area contributed by atoms with Gasteiger partial charge in [-0.05, 0) is 12.1 Å². The number of aromatic nitrogens is 1. The molecule has 8 radical (unpaired) electrons. The first-order valence-corrected chi connectivity index (χ1v) is 17.4. The van der Waals surface area contributed by atoms with E-state index in [1.54, 1.807) is 18.2 Å². The molecule has 0 amide bonds. The number of nitrogens with one attached hydrogen (secondary N) is 3. The van der Waals surface area contributed by atoms with Crippen LogP contribution in [0.15, 0.2) is 127 Å². The van der Waals surface area contributed by atoms with Gasteiger partial charge in [-0.2, -0.15) is 88.0 Å². The predicted octanol–water partition coefficient (Wildman–Crippen LogP) is 12.4. The van der Waals surface area contributed by atoms with Crippen molar-refractivity contribution >= 4 is 30.2 Å². The number of fused-ring (bicyclic) bond motifs is 5. The van der Waals surface area contributed by atoms with E-state index in [1.807, 2.05) is 71.5 Å². The predicted molar refractivity (Wildman–Crippen MR) is 241 cm³/mol. The van der Waals surface area contributed by atoms with Crippen molar-refractivity contribution in [1.29, 1.82) is 0 Å². The summed E-state index contributed by atoms with van der Waals surface area (Å²) in [6, 6.07) is 25.3. The third-order valence-electron chi connectivity index (χ3n) is 7.77. The molecule has 0 spiro atoms. The maximum atomic E-state index is 8.13. The smallest absolute Gasteiger partial charge is 0.655 e. The standard InChI is InChI=1S/C14H11N2.2C13H10N2.3C4H4.2W.9Y/c1-2-4-10-6-7-11-12(9-10)14(15)16-8-3-5-13(11)16;1-3-5-10-6-7-11-9-15(4-2)13(14)12(11)8-10;1-3-5-9-6-7-10-11(8-9)13(14)15-12(10)4-2;3*1-3-4-2;;;;;;;;;;;/h2-8,14-15H,1H2;2*2-7,13-14H,1H2;3*1-4H;;;;;;;;;;;/q-3;2*-4;3*-2;;+2;;;;;;;;;+3. The normalized spacial score (nSPS) is 13.2. The zero-order valence-corrected chi connectivity index (χ0v) is 69.5. The van der Waals surface area contributed by atoms with Crippen LogP contribution in [0.2, 0.25) is 0 Å². The van der Waals surface area contributed by atoms with Crippen molar-refractivity contribution in [2.45, 2.75) is 18.5 Å². The second kappa shape index (κ2) is 56.9. The number of benzene rings is 3. The van der Waals surface area contributed by atoms with Crippen molar-refractivity contribution in [3.8, 4) is 11.3 Å². The Bertz CT molecular complexity index is 2220. The molecule has 0 bridgehead atoms. The molecule has 17 heteroatoms. The molecule has 3 atom stereocenters. The van der Waals surface area contributed by atoms with Crippen LogP contribution in [-0.2, 0) is 337 Å². The molecule has 3 aliphatic heterocycles. The van der Waals surface area contributed by atoms with Crippen LogP contribution in [0.4, 0.5) is 0 Å². The molecule has 4 aromatic rings. The first-order valence-electron chi connectivity index (χ1n) is 17.4. The van der Waals surface area contributed by atoms with Gasteiger partial charge in [-0.1, -0.05) is 24.1 Å². The molecule has 3 unspecified atom stereocenters. The van der Waals surface area contributed by atoms with Crippen molar-refractivity contribution in [1.82, 2.24) is 4.57 Å². The molecule has 3 aromatic carbocycles. The summed E-state index contributed by atoms with van der Waals surface area (Å²) in [5, 5.41) is 0. The average Bonchev–Trinajstić information content (AvgIpc) is 4.01. The SMILES string of the molecule is [CH-]=CC1=NC([NH-])c2[c-]c(C=C[CH2-])ccc21.[CH-]=CC=[CH-].[CH-]=CC=[CH-].[CH-]=CC=[CH-].[CH-]=C[N+]1=[C-]c2ccc(C=C[CH2-])[c-]c2C1[NH-].[CH2-]C=Cc1[c-]c2c(cc1)-c1cccn1C2[NH-].[W+2].[W].[Y+3].[Y].[Y].[Y].[Y].[Y].[Y].[Y].[Y]. The number of aliphatic imine (C=N–C) groups is 1. The van der Waals surface area contributed by atoms with Crippen LogP contribution in [0.25, 0.3) is 46.7 Å². The van der Waals surface area contributed by atoms with Crippen molar-refractivity contribution < 1.29 is 341 Å². The van der Waals surface area contributed by atoms with Crippen molar-refractivity contribution in [2.24, 2.45) is 4.99 Å². The van der Waals surface area contributed by atoms with Gasteiger partial charge in [0.15, 0.2) is 0 Å². The summed E-state index contributed by atoms with van der Waals surface area (Å²) in [4.78, 5) is 4.11. The molecular formula is C52H43N6W2Y9-12. The fraction of sp³-hybridized carbons (Fsp3) is 0.0577. The summed E-state index contributed by atoms with van der Waals surface area (Å²) in [5.74, 6) is 0. The van der Waals surface area contributed by atoms with Crippen LogP contribution in [0.1, 0.15) is 63.0 Å². The Kier molecular flexibility index (Phi) is 78.8. The van der Waals surface area contributed by atoms with E-state index >= 15 is 0 Å². The molecule has 0 aliphatic carbocycles. The van der Waals surface area contributed by atoms with E-state index in [0.29, 0.717) is 5.71 Å². The van der Waals surface area contributed by atoms with E-state index in [0.717, 1.165) is 55.8 Å². The van der Waals surface area contributed by atoms with Gasteiger partial charge in [-0.15, -0.1) is 35.0 Å². The monoisotopic (exact) mass is 1920 g/mol. The Morgan fingerprint density at radius 3 is 1.39 bits per heavy atom. The topological polar surface area (TPSA) is 91.7 Å². The van der Waals surface area contributed by atoms with Crippen molar-refractivity contribution in [3.63, 3.8) is 0 Å². The van der Waals surface area contributed by atoms with Gasteiger partial charge in [0.05, 0.1) is 6.21 Å². The molecule has 332 valence electrons. The third-order valence-corrected chi connectivity index (χ3v) is 7.77. The number of hydrogen-bond donors (Lipinski definition) is 0. The van der Waals surface area contributed by atoms with Gasteiger partial charge in [0.1, 0.15) is 0 Å². The Labute approximate surface area is 671 Å². The summed E-state index contributed by atoms with van der Waals surface area (Å²) in [7, 11) is 0. The summed E-state index contributed by atoms with van der Waals surface area (Å²) in [6.07, 6.45) is 24.6. The van der Waals surface area contributed by atoms with Gasteiger partial charge < -0.3 is 114 Å². The Hall–Kier alpha value is 4.22. The molecule has 1 aromatic heterocycles. The molecule has 0 fully saturated rings. The summed E-state index contributed by atoms with van der Waals surface area (Å²) < 4.78 is 3.48. The van der Waals surface area contributed by atoms with Crippen LogP contribution < -0.4 is 0 Å². The van der Waals surface area contributed by atoms with Crippen LogP contribution in [0.3, 0.4) is 0 Å². The van der Waals surface area contributed by atoms with E-state index in [9.17, 15) is 0 Å². The van der Waals surface area contributed by atoms with Crippen LogP contribution in [0.5, 0.6) is 0 Å². The summed E-state index contributed by atoms with van der Waals surface area (Å²) in [5.41, 5.74) is 33.8. The quantitative estimate of drug-likeness (QED) is 0.0955. The van der Waals surface area contributed by atoms with Crippen molar-refractivity contribution in [3.05, 3.63) is 275 Å². The van der Waals surface area contributed by atoms with Gasteiger partial charge >= 0.3 is 53.8 Å². The minimum Gasteiger partial charge on any atom is -0.655 e. The van der Waals surface area contributed by atoms with E-state index < -0.39 is 12.3 Å². The van der Waals surface area contributed by atoms with E-state index in [4.69, 9.17) is 69.8 Å². The Morgan fingerprint density at radius 1 is 0.580 bits per heavy atom. The summed E-state index contributed by atoms with van der Waals surface area (Å²) in [6.45, 7) is 50.1. The molecule has 0 saturated carbocycles. The van der Waals surface area contributed by atoms with E-state index in [1.165, 1.54) is 53.3 Å². The van der Waals surface area contributed by atoms with Crippen molar-refractivity contribution in [2.75, 3.05) is 0 Å². The van der Waals surface area contributed by atoms with E-state index in [2.05, 4.69) is 56.2 Å². The van der Waals surface area contributed by atoms with Gasteiger partial charge in [-0.25, -0.2) is 45.1 Å². The first-order chi connectivity index (χ1) is 28.1. The van der Waals surface area contributed by atoms with Gasteiger partial charge in [-0.3, -0.25) is 6.58 Å². The third kappa shape index (κ3) is 32.2. The maximum Gasteiger partial charge on any atom is 3.00 e. The minimum atomic E-state index is -0.604. The van der Waals surface area contributed by atoms with Crippen LogP contribution >= 0.6 is 0 Å². The molecular weight excluding hydrogens is 1880 g/mol. The molecule has 7 rings (SSSR count). The Balaban J connectivity index is -0.0000000790. The molecule has 3 aliphatic rings. The summed E-state index contributed by atoms with van der Waals surface area (Å²) >= 11 is 0.